The third kappa shape index (κ3) is 14.1. The Kier molecular flexibility index (Phi) is 20.1. The number of hydrogen-bond donors (Lipinski definition) is 2. The molecular formula is C55H68Cl4N8O14Si. The first-order chi connectivity index (χ1) is 39.2. The molecule has 444 valence electrons. The molecule has 4 aromatic rings. The Bertz CT molecular complexity index is 2970. The summed E-state index contributed by atoms with van der Waals surface area (Å²) in [5.41, 5.74) is 3.72. The van der Waals surface area contributed by atoms with Crippen LogP contribution in [0.2, 0.25) is 38.2 Å². The van der Waals surface area contributed by atoms with Gasteiger partial charge in [-0.1, -0.05) is 67.2 Å². The van der Waals surface area contributed by atoms with E-state index in [1.807, 2.05) is 24.3 Å². The SMILES string of the molecule is CC(C)(C)[Si](C)(C)OCCN1C(=O)OC2COCCC2c2cc(Cl)cnc21.CN1C(=O)OC2COCCC2c2cc(Cl)cnc21.O=C1Nc2ncc(Cl)cc2C2CCOCC2O1.O=C1OC2COCCC2c2cc(Cl)cnc2N1CCO. The lowest BCUT2D eigenvalue weighted by atomic mass is 9.89. The van der Waals surface area contributed by atoms with E-state index >= 15 is 0 Å². The fourth-order valence-corrected chi connectivity index (χ4v) is 12.4. The van der Waals surface area contributed by atoms with E-state index in [1.165, 1.54) is 22.2 Å². The van der Waals surface area contributed by atoms with Gasteiger partial charge in [-0.2, -0.15) is 0 Å². The minimum absolute atomic E-state index is 0.0255. The minimum atomic E-state index is -1.90. The van der Waals surface area contributed by atoms with Crippen molar-refractivity contribution < 1.29 is 66.6 Å². The van der Waals surface area contributed by atoms with Gasteiger partial charge in [0.05, 0.1) is 72.8 Å². The van der Waals surface area contributed by atoms with Crippen LogP contribution in [0.1, 0.15) is 92.4 Å². The monoisotopic (exact) mass is 1230 g/mol. The maximum Gasteiger partial charge on any atom is 0.415 e. The van der Waals surface area contributed by atoms with Crippen LogP contribution >= 0.6 is 46.4 Å². The molecule has 8 aliphatic rings. The van der Waals surface area contributed by atoms with Crippen LogP contribution in [0.15, 0.2) is 49.1 Å². The number of amides is 4. The van der Waals surface area contributed by atoms with Gasteiger partial charge in [0, 0.05) is 104 Å². The van der Waals surface area contributed by atoms with E-state index in [4.69, 9.17) is 93.8 Å². The Balaban J connectivity index is 0.000000134. The van der Waals surface area contributed by atoms with E-state index in [-0.39, 0.29) is 66.3 Å². The maximum atomic E-state index is 12.8. The highest BCUT2D eigenvalue weighted by molar-refractivity contribution is 6.74. The Morgan fingerprint density at radius 1 is 0.573 bits per heavy atom. The quantitative estimate of drug-likeness (QED) is 0.135. The topological polar surface area (TPSA) is 245 Å². The van der Waals surface area contributed by atoms with Gasteiger partial charge in [0.2, 0.25) is 0 Å². The van der Waals surface area contributed by atoms with Gasteiger partial charge in [0.25, 0.3) is 0 Å². The molecule has 8 unspecified atom stereocenters. The number of β-amino-alcohol motifs (C(OH)–C–C–N with tert-alkyl or cyclic N) is 1. The Hall–Kier alpha value is -5.18. The number of hydrogen-bond acceptors (Lipinski definition) is 18. The molecule has 12 heterocycles. The summed E-state index contributed by atoms with van der Waals surface area (Å²) in [6, 6.07) is 7.42. The molecule has 8 atom stereocenters. The molecule has 0 spiro atoms. The van der Waals surface area contributed by atoms with Crippen molar-refractivity contribution in [3.8, 4) is 0 Å². The van der Waals surface area contributed by atoms with Crippen LogP contribution in [0, 0.1) is 0 Å². The predicted molar refractivity (Wildman–Crippen MR) is 308 cm³/mol. The lowest BCUT2D eigenvalue weighted by Crippen LogP contribution is -2.44. The summed E-state index contributed by atoms with van der Waals surface area (Å²) in [6.45, 7) is 16.0. The van der Waals surface area contributed by atoms with Crippen molar-refractivity contribution in [1.82, 2.24) is 19.9 Å². The summed E-state index contributed by atoms with van der Waals surface area (Å²) >= 11 is 24.2. The molecule has 4 amide bonds. The number of aliphatic hydroxyl groups excluding tert-OH is 1. The molecule has 8 aliphatic heterocycles. The van der Waals surface area contributed by atoms with E-state index in [0.717, 1.165) is 47.9 Å². The van der Waals surface area contributed by atoms with E-state index < -0.39 is 32.7 Å². The summed E-state index contributed by atoms with van der Waals surface area (Å²) in [4.78, 5) is 69.9. The molecule has 4 saturated heterocycles. The molecule has 0 saturated carbocycles. The first-order valence-corrected chi connectivity index (χ1v) is 31.7. The van der Waals surface area contributed by atoms with Gasteiger partial charge in [-0.25, -0.2) is 39.1 Å². The third-order valence-corrected chi connectivity index (χ3v) is 21.3. The van der Waals surface area contributed by atoms with Crippen molar-refractivity contribution in [2.75, 3.05) is 106 Å². The highest BCUT2D eigenvalue weighted by Crippen LogP contribution is 2.43. The third-order valence-electron chi connectivity index (χ3n) is 16.0. The second-order valence-electron chi connectivity index (χ2n) is 22.2. The van der Waals surface area contributed by atoms with Crippen molar-refractivity contribution in [3.05, 3.63) is 91.4 Å². The van der Waals surface area contributed by atoms with Crippen LogP contribution in [-0.2, 0) is 42.3 Å². The van der Waals surface area contributed by atoms with Crippen LogP contribution in [0.3, 0.4) is 0 Å². The Labute approximate surface area is 496 Å². The zero-order valence-corrected chi connectivity index (χ0v) is 50.5. The number of nitrogens with one attached hydrogen (secondary N) is 1. The fraction of sp³-hybridized carbons (Fsp3) is 0.564. The van der Waals surface area contributed by atoms with Crippen LogP contribution in [0.4, 0.5) is 42.4 Å². The summed E-state index contributed by atoms with van der Waals surface area (Å²) in [5.74, 6) is 2.58. The van der Waals surface area contributed by atoms with Gasteiger partial charge in [-0.3, -0.25) is 20.0 Å². The second kappa shape index (κ2) is 26.8. The van der Waals surface area contributed by atoms with Crippen LogP contribution < -0.4 is 20.0 Å². The number of fused-ring (bicyclic) bond motifs is 12. The molecule has 0 aromatic carbocycles. The number of aromatic nitrogens is 4. The number of halogens is 4. The molecule has 4 fully saturated rings. The van der Waals surface area contributed by atoms with Gasteiger partial charge in [0.15, 0.2) is 8.32 Å². The van der Waals surface area contributed by atoms with Gasteiger partial charge < -0.3 is 47.4 Å². The van der Waals surface area contributed by atoms with E-state index in [0.29, 0.717) is 109 Å². The fourth-order valence-electron chi connectivity index (χ4n) is 10.7. The number of carbonyl (C=O) groups is 4. The number of anilines is 4. The largest absolute Gasteiger partial charge is 0.443 e. The van der Waals surface area contributed by atoms with Crippen molar-refractivity contribution >= 4 is 102 Å². The number of carbonyl (C=O) groups excluding carboxylic acids is 4. The van der Waals surface area contributed by atoms with Gasteiger partial charge in [-0.05, 0) is 68.1 Å². The lowest BCUT2D eigenvalue weighted by Gasteiger charge is -2.36. The van der Waals surface area contributed by atoms with Crippen LogP contribution in [-0.4, -0.2) is 168 Å². The maximum absolute atomic E-state index is 12.8. The summed E-state index contributed by atoms with van der Waals surface area (Å²) in [7, 11) is -0.243. The number of pyridine rings is 4. The van der Waals surface area contributed by atoms with Crippen molar-refractivity contribution in [2.24, 2.45) is 0 Å². The summed E-state index contributed by atoms with van der Waals surface area (Å²) < 4.78 is 49.8. The molecule has 12 rings (SSSR count). The molecule has 82 heavy (non-hydrogen) atoms. The highest BCUT2D eigenvalue weighted by Gasteiger charge is 2.43. The van der Waals surface area contributed by atoms with Gasteiger partial charge >= 0.3 is 24.4 Å². The van der Waals surface area contributed by atoms with Crippen LogP contribution in [0.25, 0.3) is 0 Å². The van der Waals surface area contributed by atoms with Crippen molar-refractivity contribution in [2.45, 2.75) is 113 Å². The summed E-state index contributed by atoms with van der Waals surface area (Å²) in [6.07, 6.45) is 6.32. The predicted octanol–water partition coefficient (Wildman–Crippen LogP) is 10.5. The van der Waals surface area contributed by atoms with Crippen molar-refractivity contribution in [1.29, 1.82) is 0 Å². The molecule has 0 aliphatic carbocycles. The van der Waals surface area contributed by atoms with Gasteiger partial charge in [-0.15, -0.1) is 0 Å². The normalized spacial score (nSPS) is 25.5. The second-order valence-corrected chi connectivity index (χ2v) is 28.8. The molecule has 0 radical (unpaired) electrons. The summed E-state index contributed by atoms with van der Waals surface area (Å²) in [5, 5.41) is 14.1. The minimum Gasteiger partial charge on any atom is -0.443 e. The Morgan fingerprint density at radius 3 is 1.40 bits per heavy atom. The molecule has 4 aromatic heterocycles. The van der Waals surface area contributed by atoms with Crippen LogP contribution in [0.5, 0.6) is 0 Å². The first-order valence-electron chi connectivity index (χ1n) is 27.3. The standard InChI is InChI=1S/C19H29ClN2O4Si.C13H15ClN2O4.C12H13ClN2O3.C11H11ClN2O3/c1-19(2,3)27(4,5)25-9-7-22-17-15(10-13(20)11-21-17)14-6-8-24-12-16(14)26-18(22)23;14-8-5-10-9-1-4-19-7-11(9)20-13(18)16(2-3-17)12(10)15-6-8;1-15-11-9(4-7(13)5-14-11)8-2-3-17-6-10(8)18-12(15)16;12-6-3-8-7-1-2-16-5-9(7)17-11(15)14-10(8)13-4-6/h10-11,14,16H,6-9,12H2,1-5H3;5-6,9,11,17H,1-4,7H2;4-5,8,10H,2-3,6H2,1H3;3-4,7,9H,1-2,5H2,(H,13,14,15). The number of nitrogens with zero attached hydrogens (tertiary/aromatic N) is 7. The molecule has 27 heteroatoms. The van der Waals surface area contributed by atoms with E-state index in [9.17, 15) is 19.2 Å². The molecule has 2 N–H and O–H groups in total. The van der Waals surface area contributed by atoms with Gasteiger partial charge in [0.1, 0.15) is 47.7 Å². The van der Waals surface area contributed by atoms with E-state index in [2.05, 4.69) is 59.1 Å². The average Bonchev–Trinajstić information content (AvgIpc) is 3.96. The van der Waals surface area contributed by atoms with E-state index in [1.54, 1.807) is 24.3 Å². The smallest absolute Gasteiger partial charge is 0.415 e. The zero-order chi connectivity index (χ0) is 58.5. The first kappa shape index (κ1) is 61.4. The molecule has 0 bridgehead atoms. The number of aliphatic hydroxyl groups is 1. The van der Waals surface area contributed by atoms with Crippen molar-refractivity contribution in [3.63, 3.8) is 0 Å². The molecular weight excluding hydrogens is 1170 g/mol. The number of rotatable bonds is 6. The zero-order valence-electron chi connectivity index (χ0n) is 46.4. The lowest BCUT2D eigenvalue weighted by molar-refractivity contribution is -0.0260. The highest BCUT2D eigenvalue weighted by atomic mass is 35.5. The molecule has 22 nitrogen and oxygen atoms in total. The Morgan fingerprint density at radius 2 is 0.951 bits per heavy atom. The average molecular weight is 1240 g/mol. The number of ether oxygens (including phenoxy) is 8.